The third-order valence-electron chi connectivity index (χ3n) is 2.41. The monoisotopic (exact) mass is 303 g/mol. The van der Waals surface area contributed by atoms with E-state index in [1.807, 2.05) is 0 Å². The second kappa shape index (κ2) is 5.49. The molecule has 0 heterocycles. The zero-order valence-electron chi connectivity index (χ0n) is 10.0. The van der Waals surface area contributed by atoms with E-state index in [1.54, 1.807) is 26.0 Å². The number of nitrogens with one attached hydrogen (secondary N) is 1. The number of benzene rings is 1. The molecule has 94 valence electrons. The number of anilines is 1. The van der Waals surface area contributed by atoms with Crippen molar-refractivity contribution in [3.63, 3.8) is 0 Å². The Balaban J connectivity index is 2.77. The molecular formula is C12H15BrFNO2. The summed E-state index contributed by atoms with van der Waals surface area (Å²) in [7, 11) is 1.34. The van der Waals surface area contributed by atoms with E-state index in [2.05, 4.69) is 26.0 Å². The van der Waals surface area contributed by atoms with Gasteiger partial charge in [-0.05, 0) is 41.9 Å². The van der Waals surface area contributed by atoms with Crippen molar-refractivity contribution in [2.24, 2.45) is 5.41 Å². The summed E-state index contributed by atoms with van der Waals surface area (Å²) in [4.78, 5) is 11.5. The van der Waals surface area contributed by atoms with Crippen LogP contribution in [-0.4, -0.2) is 19.6 Å². The molecule has 0 amide bonds. The molecule has 0 bridgehead atoms. The van der Waals surface area contributed by atoms with Crippen molar-refractivity contribution in [1.82, 2.24) is 0 Å². The number of esters is 1. The molecule has 1 aromatic carbocycles. The number of halogens is 2. The van der Waals surface area contributed by atoms with Gasteiger partial charge in [0.25, 0.3) is 0 Å². The molecule has 0 radical (unpaired) electrons. The Labute approximate surface area is 108 Å². The highest BCUT2D eigenvalue weighted by Crippen LogP contribution is 2.27. The number of carbonyl (C=O) groups is 1. The summed E-state index contributed by atoms with van der Waals surface area (Å²) in [5.41, 5.74) is -0.360. The summed E-state index contributed by atoms with van der Waals surface area (Å²) in [6.07, 6.45) is 0. The normalized spacial score (nSPS) is 11.1. The maximum atomic E-state index is 13.5. The summed E-state index contributed by atoms with van der Waals surface area (Å²) in [5.74, 6) is -0.697. The van der Waals surface area contributed by atoms with Gasteiger partial charge < -0.3 is 10.1 Å². The highest BCUT2D eigenvalue weighted by molar-refractivity contribution is 9.10. The van der Waals surface area contributed by atoms with Crippen molar-refractivity contribution < 1.29 is 13.9 Å². The highest BCUT2D eigenvalue weighted by Gasteiger charge is 2.28. The van der Waals surface area contributed by atoms with Crippen molar-refractivity contribution in [3.05, 3.63) is 28.5 Å². The van der Waals surface area contributed by atoms with Crippen LogP contribution in [0.15, 0.2) is 22.7 Å². The Morgan fingerprint density at radius 1 is 1.53 bits per heavy atom. The van der Waals surface area contributed by atoms with E-state index in [-0.39, 0.29) is 11.8 Å². The molecule has 3 nitrogen and oxygen atoms in total. The molecule has 0 saturated carbocycles. The fourth-order valence-corrected chi connectivity index (χ4v) is 1.81. The first kappa shape index (κ1) is 14.0. The first-order valence-electron chi connectivity index (χ1n) is 5.15. The second-order valence-corrected chi connectivity index (χ2v) is 5.18. The highest BCUT2D eigenvalue weighted by atomic mass is 79.9. The van der Waals surface area contributed by atoms with Gasteiger partial charge in [-0.2, -0.15) is 0 Å². The van der Waals surface area contributed by atoms with Gasteiger partial charge in [-0.3, -0.25) is 4.79 Å². The van der Waals surface area contributed by atoms with Gasteiger partial charge in [0.2, 0.25) is 0 Å². The fourth-order valence-electron chi connectivity index (χ4n) is 1.32. The lowest BCUT2D eigenvalue weighted by Crippen LogP contribution is -2.33. The van der Waals surface area contributed by atoms with E-state index in [9.17, 15) is 9.18 Å². The summed E-state index contributed by atoms with van der Waals surface area (Å²) < 4.78 is 18.8. The minimum Gasteiger partial charge on any atom is -0.469 e. The summed E-state index contributed by atoms with van der Waals surface area (Å²) in [5, 5.41) is 2.91. The molecule has 0 aliphatic heterocycles. The SMILES string of the molecule is COC(=O)C(C)(C)CNc1c(F)cccc1Br. The Morgan fingerprint density at radius 2 is 2.18 bits per heavy atom. The quantitative estimate of drug-likeness (QED) is 0.868. The van der Waals surface area contributed by atoms with E-state index in [4.69, 9.17) is 0 Å². The first-order valence-corrected chi connectivity index (χ1v) is 5.94. The number of hydrogen-bond acceptors (Lipinski definition) is 3. The van der Waals surface area contributed by atoms with Crippen LogP contribution in [0.5, 0.6) is 0 Å². The molecule has 0 unspecified atom stereocenters. The molecule has 1 rings (SSSR count). The van der Waals surface area contributed by atoms with Crippen LogP contribution in [0.4, 0.5) is 10.1 Å². The Kier molecular flexibility index (Phi) is 4.51. The lowest BCUT2D eigenvalue weighted by molar-refractivity contribution is -0.149. The minimum absolute atomic E-state index is 0.291. The van der Waals surface area contributed by atoms with Crippen molar-refractivity contribution in [2.45, 2.75) is 13.8 Å². The third-order valence-corrected chi connectivity index (χ3v) is 3.07. The fraction of sp³-hybridized carbons (Fsp3) is 0.417. The number of hydrogen-bond donors (Lipinski definition) is 1. The van der Waals surface area contributed by atoms with Crippen LogP contribution in [-0.2, 0) is 9.53 Å². The van der Waals surface area contributed by atoms with Crippen LogP contribution in [0.3, 0.4) is 0 Å². The van der Waals surface area contributed by atoms with E-state index in [0.29, 0.717) is 16.7 Å². The van der Waals surface area contributed by atoms with E-state index in [0.717, 1.165) is 0 Å². The zero-order valence-corrected chi connectivity index (χ0v) is 11.6. The van der Waals surface area contributed by atoms with Crippen LogP contribution in [0.2, 0.25) is 0 Å². The maximum Gasteiger partial charge on any atom is 0.313 e. The van der Waals surface area contributed by atoms with Crippen LogP contribution in [0, 0.1) is 11.2 Å². The van der Waals surface area contributed by atoms with Crippen LogP contribution in [0.25, 0.3) is 0 Å². The van der Waals surface area contributed by atoms with Gasteiger partial charge in [0.1, 0.15) is 5.82 Å². The Morgan fingerprint density at radius 3 is 2.71 bits per heavy atom. The third kappa shape index (κ3) is 3.43. The molecule has 0 aliphatic carbocycles. The summed E-state index contributed by atoms with van der Waals surface area (Å²) >= 11 is 3.25. The van der Waals surface area contributed by atoms with Crippen LogP contribution in [0.1, 0.15) is 13.8 Å². The molecule has 0 aliphatic rings. The molecule has 0 atom stereocenters. The summed E-state index contributed by atoms with van der Waals surface area (Å²) in [6.45, 7) is 3.76. The number of para-hydroxylation sites is 1. The largest absolute Gasteiger partial charge is 0.469 e. The number of methoxy groups -OCH3 is 1. The van der Waals surface area contributed by atoms with Gasteiger partial charge in [0, 0.05) is 11.0 Å². The lowest BCUT2D eigenvalue weighted by atomic mass is 9.93. The molecule has 0 fully saturated rings. The van der Waals surface area contributed by atoms with Gasteiger partial charge in [0.15, 0.2) is 0 Å². The van der Waals surface area contributed by atoms with Crippen molar-refractivity contribution >= 4 is 27.6 Å². The average Bonchev–Trinajstić information content (AvgIpc) is 2.27. The molecule has 1 aromatic rings. The maximum absolute atomic E-state index is 13.5. The second-order valence-electron chi connectivity index (χ2n) is 4.33. The number of ether oxygens (including phenoxy) is 1. The van der Waals surface area contributed by atoms with Crippen molar-refractivity contribution in [2.75, 3.05) is 19.0 Å². The lowest BCUT2D eigenvalue weighted by Gasteiger charge is -2.22. The molecule has 17 heavy (non-hydrogen) atoms. The van der Waals surface area contributed by atoms with E-state index >= 15 is 0 Å². The Hall–Kier alpha value is -1.10. The number of rotatable bonds is 4. The average molecular weight is 304 g/mol. The Bertz CT molecular complexity index is 401. The predicted molar refractivity (Wildman–Crippen MR) is 68.4 cm³/mol. The standard InChI is InChI=1S/C12H15BrFNO2/c1-12(2,11(16)17-3)7-15-10-8(13)5-4-6-9(10)14/h4-6,15H,7H2,1-3H3. The summed E-state index contributed by atoms with van der Waals surface area (Å²) in [6, 6.07) is 4.70. The van der Waals surface area contributed by atoms with Gasteiger partial charge in [-0.15, -0.1) is 0 Å². The predicted octanol–water partition coefficient (Wildman–Crippen LogP) is 3.20. The van der Waals surface area contributed by atoms with E-state index in [1.165, 1.54) is 13.2 Å². The molecule has 0 spiro atoms. The molecular weight excluding hydrogens is 289 g/mol. The van der Waals surface area contributed by atoms with Crippen LogP contribution >= 0.6 is 15.9 Å². The topological polar surface area (TPSA) is 38.3 Å². The van der Waals surface area contributed by atoms with Crippen molar-refractivity contribution in [1.29, 1.82) is 0 Å². The number of carbonyl (C=O) groups excluding carboxylic acids is 1. The molecule has 0 saturated heterocycles. The molecule has 5 heteroatoms. The van der Waals surface area contributed by atoms with Gasteiger partial charge >= 0.3 is 5.97 Å². The first-order chi connectivity index (χ1) is 7.88. The zero-order chi connectivity index (χ0) is 13.1. The molecule has 1 N–H and O–H groups in total. The minimum atomic E-state index is -0.712. The smallest absolute Gasteiger partial charge is 0.313 e. The van der Waals surface area contributed by atoms with Crippen LogP contribution < -0.4 is 5.32 Å². The van der Waals surface area contributed by atoms with Gasteiger partial charge in [-0.1, -0.05) is 6.07 Å². The van der Waals surface area contributed by atoms with Gasteiger partial charge in [0.05, 0.1) is 18.2 Å². The van der Waals surface area contributed by atoms with E-state index < -0.39 is 5.41 Å². The van der Waals surface area contributed by atoms with Gasteiger partial charge in [-0.25, -0.2) is 4.39 Å². The van der Waals surface area contributed by atoms with Crippen molar-refractivity contribution in [3.8, 4) is 0 Å². The molecule has 0 aromatic heterocycles.